The molecule has 7 heteroatoms. The second kappa shape index (κ2) is 9.82. The van der Waals surface area contributed by atoms with E-state index in [2.05, 4.69) is 0 Å². The number of aromatic hydroxyl groups is 1. The van der Waals surface area contributed by atoms with Crippen LogP contribution in [0.1, 0.15) is 17.2 Å². The molecule has 2 rings (SSSR count). The van der Waals surface area contributed by atoms with Crippen molar-refractivity contribution < 1.29 is 34.6 Å². The number of hydrogen-bond donors (Lipinski definition) is 4. The van der Waals surface area contributed by atoms with Gasteiger partial charge in [-0.25, -0.2) is 0 Å². The second-order valence-corrected chi connectivity index (χ2v) is 5.74. The molecule has 0 saturated carbocycles. The Bertz CT molecular complexity index is 773. The topological polar surface area (TPSA) is 109 Å². The van der Waals surface area contributed by atoms with Crippen molar-refractivity contribution in [3.63, 3.8) is 0 Å². The molecule has 2 atom stereocenters. The Morgan fingerprint density at radius 1 is 1.00 bits per heavy atom. The van der Waals surface area contributed by atoms with Crippen LogP contribution in [-0.4, -0.2) is 54.0 Å². The van der Waals surface area contributed by atoms with Crippen molar-refractivity contribution in [1.82, 2.24) is 0 Å². The van der Waals surface area contributed by atoms with Crippen LogP contribution in [0.2, 0.25) is 0 Å². The Balaban J connectivity index is 2.26. The monoisotopic (exact) mass is 376 g/mol. The molecule has 0 aliphatic carbocycles. The van der Waals surface area contributed by atoms with Gasteiger partial charge in [0.15, 0.2) is 17.6 Å². The molecule has 0 aliphatic heterocycles. The average Bonchev–Trinajstić information content (AvgIpc) is 2.70. The van der Waals surface area contributed by atoms with Gasteiger partial charge in [0, 0.05) is 6.07 Å². The van der Waals surface area contributed by atoms with E-state index in [0.717, 1.165) is 5.56 Å². The quantitative estimate of drug-likeness (QED) is 0.529. The maximum Gasteiger partial charge on any atom is 0.160 e. The highest BCUT2D eigenvalue weighted by Gasteiger charge is 2.23. The summed E-state index contributed by atoms with van der Waals surface area (Å²) in [6, 6.07) is 9.48. The third kappa shape index (κ3) is 5.37. The first-order chi connectivity index (χ1) is 13.0. The predicted octanol–water partition coefficient (Wildman–Crippen LogP) is 1.89. The molecule has 7 nitrogen and oxygen atoms in total. The van der Waals surface area contributed by atoms with Gasteiger partial charge < -0.3 is 34.6 Å². The number of ether oxygens (including phenoxy) is 3. The van der Waals surface area contributed by atoms with Gasteiger partial charge in [-0.15, -0.1) is 0 Å². The summed E-state index contributed by atoms with van der Waals surface area (Å²) in [5.41, 5.74) is 1.16. The number of rotatable bonds is 9. The summed E-state index contributed by atoms with van der Waals surface area (Å²) >= 11 is 0. The summed E-state index contributed by atoms with van der Waals surface area (Å²) in [7, 11) is 2.92. The van der Waals surface area contributed by atoms with E-state index in [1.165, 1.54) is 32.4 Å². The minimum Gasteiger partial charge on any atom is -0.504 e. The highest BCUT2D eigenvalue weighted by molar-refractivity contribution is 5.55. The predicted molar refractivity (Wildman–Crippen MR) is 100 cm³/mol. The third-order valence-corrected chi connectivity index (χ3v) is 3.92. The molecule has 0 aromatic heterocycles. The zero-order valence-corrected chi connectivity index (χ0v) is 15.2. The van der Waals surface area contributed by atoms with Gasteiger partial charge in [0.2, 0.25) is 0 Å². The normalized spacial score (nSPS) is 13.4. The lowest BCUT2D eigenvalue weighted by Gasteiger charge is -2.23. The van der Waals surface area contributed by atoms with E-state index in [1.54, 1.807) is 30.4 Å². The number of hydrogen-bond acceptors (Lipinski definition) is 7. The van der Waals surface area contributed by atoms with E-state index in [1.807, 2.05) is 0 Å². The number of phenols is 1. The Morgan fingerprint density at radius 3 is 2.37 bits per heavy atom. The number of aliphatic hydroxyl groups excluding tert-OH is 3. The molecular weight excluding hydrogens is 352 g/mol. The van der Waals surface area contributed by atoms with Crippen LogP contribution in [0.15, 0.2) is 42.5 Å². The van der Waals surface area contributed by atoms with Crippen molar-refractivity contribution in [3.05, 3.63) is 53.6 Å². The number of aliphatic hydroxyl groups is 3. The van der Waals surface area contributed by atoms with Gasteiger partial charge in [-0.3, -0.25) is 0 Å². The molecule has 0 bridgehead atoms. The van der Waals surface area contributed by atoms with Crippen molar-refractivity contribution in [2.24, 2.45) is 0 Å². The van der Waals surface area contributed by atoms with E-state index >= 15 is 0 Å². The summed E-state index contributed by atoms with van der Waals surface area (Å²) in [5.74, 6) is 1.07. The van der Waals surface area contributed by atoms with Gasteiger partial charge in [0.05, 0.1) is 27.4 Å². The van der Waals surface area contributed by atoms with Crippen molar-refractivity contribution in [3.8, 4) is 23.0 Å². The van der Waals surface area contributed by atoms with Crippen LogP contribution in [0.25, 0.3) is 6.08 Å². The van der Waals surface area contributed by atoms with Gasteiger partial charge in [-0.05, 0) is 35.4 Å². The fourth-order valence-corrected chi connectivity index (χ4v) is 2.53. The zero-order valence-electron chi connectivity index (χ0n) is 15.2. The fourth-order valence-electron chi connectivity index (χ4n) is 2.53. The molecular formula is C20H24O7. The van der Waals surface area contributed by atoms with Gasteiger partial charge in [-0.2, -0.15) is 0 Å². The van der Waals surface area contributed by atoms with Crippen LogP contribution in [0.3, 0.4) is 0 Å². The molecule has 0 fully saturated rings. The molecule has 0 saturated heterocycles. The van der Waals surface area contributed by atoms with E-state index in [9.17, 15) is 15.3 Å². The summed E-state index contributed by atoms with van der Waals surface area (Å²) in [5, 5.41) is 38.9. The largest absolute Gasteiger partial charge is 0.504 e. The lowest BCUT2D eigenvalue weighted by Crippen LogP contribution is -2.29. The summed E-state index contributed by atoms with van der Waals surface area (Å²) in [6.45, 7) is -0.544. The van der Waals surface area contributed by atoms with Crippen molar-refractivity contribution in [2.45, 2.75) is 12.2 Å². The highest BCUT2D eigenvalue weighted by atomic mass is 16.5. The molecule has 2 aromatic carbocycles. The van der Waals surface area contributed by atoms with Gasteiger partial charge in [0.1, 0.15) is 17.6 Å². The van der Waals surface area contributed by atoms with E-state index in [0.29, 0.717) is 17.1 Å². The molecule has 0 heterocycles. The van der Waals surface area contributed by atoms with Gasteiger partial charge in [0.25, 0.3) is 0 Å². The van der Waals surface area contributed by atoms with Crippen LogP contribution >= 0.6 is 0 Å². The van der Waals surface area contributed by atoms with Crippen LogP contribution in [-0.2, 0) is 0 Å². The molecule has 0 spiro atoms. The van der Waals surface area contributed by atoms with Crippen LogP contribution in [0.4, 0.5) is 0 Å². The minimum absolute atomic E-state index is 0.0528. The summed E-state index contributed by atoms with van der Waals surface area (Å²) in [6.07, 6.45) is 1.15. The minimum atomic E-state index is -1.16. The third-order valence-electron chi connectivity index (χ3n) is 3.92. The Kier molecular flexibility index (Phi) is 7.48. The number of phenolic OH excluding ortho intramolecular Hbond substituents is 1. The van der Waals surface area contributed by atoms with Crippen molar-refractivity contribution >= 4 is 6.08 Å². The van der Waals surface area contributed by atoms with Crippen LogP contribution in [0.5, 0.6) is 23.0 Å². The van der Waals surface area contributed by atoms with Crippen LogP contribution < -0.4 is 14.2 Å². The molecule has 27 heavy (non-hydrogen) atoms. The van der Waals surface area contributed by atoms with E-state index < -0.39 is 18.8 Å². The molecule has 4 N–H and O–H groups in total. The number of methoxy groups -OCH3 is 2. The van der Waals surface area contributed by atoms with Gasteiger partial charge in [-0.1, -0.05) is 18.2 Å². The average molecular weight is 376 g/mol. The Hall–Kier alpha value is -2.74. The fraction of sp³-hybridized carbons (Fsp3) is 0.300. The first-order valence-electron chi connectivity index (χ1n) is 8.31. The molecule has 2 unspecified atom stereocenters. The summed E-state index contributed by atoms with van der Waals surface area (Å²) < 4.78 is 16.0. The maximum absolute atomic E-state index is 10.6. The van der Waals surface area contributed by atoms with Gasteiger partial charge >= 0.3 is 0 Å². The van der Waals surface area contributed by atoms with Crippen LogP contribution in [0, 0.1) is 0 Å². The molecule has 0 aliphatic rings. The second-order valence-electron chi connectivity index (χ2n) is 5.74. The Morgan fingerprint density at radius 2 is 1.74 bits per heavy atom. The van der Waals surface area contributed by atoms with Crippen molar-refractivity contribution in [2.75, 3.05) is 27.4 Å². The smallest absolute Gasteiger partial charge is 0.160 e. The first-order valence-corrected chi connectivity index (χ1v) is 8.31. The van der Waals surface area contributed by atoms with E-state index in [4.69, 9.17) is 19.3 Å². The maximum atomic E-state index is 10.6. The van der Waals surface area contributed by atoms with E-state index in [-0.39, 0.29) is 18.1 Å². The summed E-state index contributed by atoms with van der Waals surface area (Å²) in [4.78, 5) is 0. The Labute approximate surface area is 157 Å². The zero-order chi connectivity index (χ0) is 19.8. The SMILES string of the molecule is COc1cc(/C=C/CO)cc(OC(CO)C(O)c2ccc(O)c(OC)c2)c1. The molecule has 0 amide bonds. The highest BCUT2D eigenvalue weighted by Crippen LogP contribution is 2.32. The number of benzene rings is 2. The molecule has 2 aromatic rings. The lowest BCUT2D eigenvalue weighted by atomic mass is 10.0. The van der Waals surface area contributed by atoms with Crippen molar-refractivity contribution in [1.29, 1.82) is 0 Å². The molecule has 0 radical (unpaired) electrons. The molecule has 146 valence electrons. The first kappa shape index (κ1) is 20.6. The standard InChI is InChI=1S/C20H24O7/c1-25-15-8-13(4-3-7-21)9-16(11-15)27-19(12-22)20(24)14-5-6-17(23)18(10-14)26-2/h3-6,8-11,19-24H,7,12H2,1-2H3/b4-3+. The lowest BCUT2D eigenvalue weighted by molar-refractivity contribution is 0.000562.